The molecule has 0 radical (unpaired) electrons. The molecule has 4 aromatic heterocycles. The van der Waals surface area contributed by atoms with E-state index in [1.54, 1.807) is 39.6 Å². The van der Waals surface area contributed by atoms with Crippen LogP contribution in [0.2, 0.25) is 5.02 Å². The zero-order valence-corrected chi connectivity index (χ0v) is 36.5. The molecule has 65 heavy (non-hydrogen) atoms. The second-order valence-corrected chi connectivity index (χ2v) is 17.7. The molecule has 344 valence electrons. The van der Waals surface area contributed by atoms with E-state index in [1.807, 2.05) is 0 Å². The van der Waals surface area contributed by atoms with E-state index < -0.39 is 35.6 Å². The van der Waals surface area contributed by atoms with Gasteiger partial charge in [-0.25, -0.2) is 19.4 Å². The van der Waals surface area contributed by atoms with Crippen molar-refractivity contribution in [2.75, 3.05) is 70.8 Å². The summed E-state index contributed by atoms with van der Waals surface area (Å²) in [6.07, 6.45) is 0.360. The lowest BCUT2D eigenvalue weighted by Gasteiger charge is -2.46. The first-order valence-electron chi connectivity index (χ1n) is 21.3. The van der Waals surface area contributed by atoms with E-state index in [9.17, 15) is 42.3 Å². The molecule has 3 aliphatic rings. The van der Waals surface area contributed by atoms with Gasteiger partial charge in [0, 0.05) is 95.6 Å². The lowest BCUT2D eigenvalue weighted by Crippen LogP contribution is -2.62. The highest BCUT2D eigenvalue weighted by Gasteiger charge is 2.43. The van der Waals surface area contributed by atoms with Gasteiger partial charge in [0.1, 0.15) is 0 Å². The van der Waals surface area contributed by atoms with E-state index in [0.29, 0.717) is 67.0 Å². The molecule has 0 saturated carbocycles. The van der Waals surface area contributed by atoms with Gasteiger partial charge in [-0.15, -0.1) is 0 Å². The minimum Gasteiger partial charge on any atom is -0.477 e. The highest BCUT2D eigenvalue weighted by Crippen LogP contribution is 2.37. The number of piperazine rings is 1. The molecular weight excluding hydrogens is 873 g/mol. The van der Waals surface area contributed by atoms with Gasteiger partial charge in [-0.3, -0.25) is 19.2 Å². The predicted molar refractivity (Wildman–Crippen MR) is 231 cm³/mol. The molecule has 8 rings (SSSR count). The maximum absolute atomic E-state index is 14.4. The number of nitrogens with zero attached hydrogens (tertiary/aromatic N) is 9. The number of nitrogens with two attached hydrogens (primary N) is 1. The van der Waals surface area contributed by atoms with Crippen LogP contribution < -0.4 is 16.4 Å². The first-order chi connectivity index (χ1) is 30.9. The number of carboxylic acids is 1. The highest BCUT2D eigenvalue weighted by molar-refractivity contribution is 6.34. The highest BCUT2D eigenvalue weighted by atomic mass is 35.5. The van der Waals surface area contributed by atoms with E-state index >= 15 is 0 Å². The number of hydrogen-bond donors (Lipinski definition) is 4. The monoisotopic (exact) mass is 921 g/mol. The summed E-state index contributed by atoms with van der Waals surface area (Å²) in [6.45, 7) is 7.15. The fourth-order valence-corrected chi connectivity index (χ4v) is 9.35. The van der Waals surface area contributed by atoms with Gasteiger partial charge in [0.15, 0.2) is 23.9 Å². The zero-order valence-electron chi connectivity index (χ0n) is 35.7. The molecule has 22 heteroatoms. The van der Waals surface area contributed by atoms with Crippen molar-refractivity contribution in [3.8, 4) is 17.1 Å². The van der Waals surface area contributed by atoms with Gasteiger partial charge in [-0.2, -0.15) is 18.3 Å². The topological polar surface area (TPSA) is 216 Å². The van der Waals surface area contributed by atoms with Gasteiger partial charge < -0.3 is 44.9 Å². The van der Waals surface area contributed by atoms with Gasteiger partial charge in [0.25, 0.3) is 11.8 Å². The Bertz CT molecular complexity index is 2660. The smallest absolute Gasteiger partial charge is 0.435 e. The van der Waals surface area contributed by atoms with Gasteiger partial charge in [0.05, 0.1) is 64.6 Å². The van der Waals surface area contributed by atoms with Crippen molar-refractivity contribution in [3.63, 3.8) is 0 Å². The number of hydrogen-bond acceptors (Lipinski definition) is 9. The summed E-state index contributed by atoms with van der Waals surface area (Å²) >= 11 is 6.58. The number of carbonyl (C=O) groups excluding carboxylic acids is 4. The molecule has 18 nitrogen and oxygen atoms in total. The van der Waals surface area contributed by atoms with Gasteiger partial charge >= 0.3 is 12.1 Å². The van der Waals surface area contributed by atoms with Crippen molar-refractivity contribution in [2.24, 2.45) is 30.5 Å². The molecule has 1 aromatic carbocycles. The summed E-state index contributed by atoms with van der Waals surface area (Å²) in [5.41, 5.74) is 5.31. The normalized spacial score (nSPS) is 19.8. The van der Waals surface area contributed by atoms with E-state index in [0.717, 1.165) is 36.7 Å². The molecule has 3 saturated heterocycles. The Kier molecular flexibility index (Phi) is 12.5. The van der Waals surface area contributed by atoms with E-state index in [1.165, 1.54) is 35.9 Å². The zero-order chi connectivity index (χ0) is 46.4. The van der Waals surface area contributed by atoms with Crippen molar-refractivity contribution in [2.45, 2.75) is 32.5 Å². The third-order valence-corrected chi connectivity index (χ3v) is 13.1. The van der Waals surface area contributed by atoms with Gasteiger partial charge in [0.2, 0.25) is 11.8 Å². The Balaban J connectivity index is 0.891. The molecule has 4 amide bonds. The number of alkyl halides is 3. The number of aliphatic carboxylic acids is 1. The molecule has 0 spiro atoms. The number of benzene rings is 1. The standard InChI is InChI=1S/C43H48ClF3N12O6/c1-25(38(48)62)21-57-10-7-32-33(57)5-6-35(52-32)58-22-30(37(53-58)43(45,46)47)34-20-50-39(54(34)2)40(63)51-28-3-4-29(31(44)17-28)42(65)56-13-11-55(12-14-56)41(64)27-8-15-59(16-9-27,24-36(60)61)23-26-18-49-19-26/h3-7,10,17,20,22,25-27,49H,8-9,11-16,18-19,21,23-24H2,1-2H3,(H3-,48,51,60,61,62,63,65)/p+1. The lowest BCUT2D eigenvalue weighted by molar-refractivity contribution is -0.929. The number of imidazole rings is 1. The summed E-state index contributed by atoms with van der Waals surface area (Å²) in [7, 11) is 1.40. The summed E-state index contributed by atoms with van der Waals surface area (Å²) in [4.78, 5) is 75.9. The van der Waals surface area contributed by atoms with E-state index in [-0.39, 0.29) is 76.5 Å². The second kappa shape index (κ2) is 17.9. The molecule has 7 heterocycles. The number of piperidine rings is 1. The maximum Gasteiger partial charge on any atom is 0.435 e. The average Bonchev–Trinajstić information content (AvgIpc) is 3.98. The van der Waals surface area contributed by atoms with Crippen LogP contribution in [0.5, 0.6) is 0 Å². The fourth-order valence-electron chi connectivity index (χ4n) is 9.09. The number of likely N-dealkylation sites (tertiary alicyclic amines) is 1. The fraction of sp³-hybridized carbons (Fsp3) is 0.442. The van der Waals surface area contributed by atoms with Crippen LogP contribution in [0, 0.1) is 17.8 Å². The number of amides is 4. The molecule has 1 unspecified atom stereocenters. The van der Waals surface area contributed by atoms with Gasteiger partial charge in [-0.1, -0.05) is 18.5 Å². The molecule has 3 fully saturated rings. The average molecular weight is 922 g/mol. The van der Waals surface area contributed by atoms with Crippen LogP contribution in [0.3, 0.4) is 0 Å². The number of carboxylic acid groups (broad SMARTS) is 1. The third-order valence-electron chi connectivity index (χ3n) is 12.8. The Hall–Kier alpha value is -6.32. The summed E-state index contributed by atoms with van der Waals surface area (Å²) in [5.74, 6) is -2.70. The Labute approximate surface area is 375 Å². The maximum atomic E-state index is 14.4. The number of pyridine rings is 1. The minimum absolute atomic E-state index is 0.0253. The van der Waals surface area contributed by atoms with Crippen molar-refractivity contribution in [1.82, 2.24) is 44.0 Å². The summed E-state index contributed by atoms with van der Waals surface area (Å²) in [5, 5.41) is 19.4. The van der Waals surface area contributed by atoms with Crippen LogP contribution in [0.15, 0.2) is 55.0 Å². The largest absolute Gasteiger partial charge is 0.477 e. The first kappa shape index (κ1) is 45.3. The number of quaternary nitrogens is 1. The van der Waals surface area contributed by atoms with Crippen LogP contribution in [0.1, 0.15) is 46.4 Å². The van der Waals surface area contributed by atoms with Crippen LogP contribution >= 0.6 is 11.6 Å². The number of fused-ring (bicyclic) bond motifs is 1. The molecule has 5 aromatic rings. The number of anilines is 1. The Morgan fingerprint density at radius 1 is 1.03 bits per heavy atom. The van der Waals surface area contributed by atoms with Crippen LogP contribution in [-0.4, -0.2) is 143 Å². The number of aromatic nitrogens is 6. The quantitative estimate of drug-likeness (QED) is 0.126. The molecule has 3 aliphatic heterocycles. The number of halogens is 4. The van der Waals surface area contributed by atoms with E-state index in [2.05, 4.69) is 25.7 Å². The second-order valence-electron chi connectivity index (χ2n) is 17.3. The van der Waals surface area contributed by atoms with Crippen LogP contribution in [-0.2, 0) is 34.2 Å². The third kappa shape index (κ3) is 9.43. The molecule has 5 N–H and O–H groups in total. The lowest BCUT2D eigenvalue weighted by atomic mass is 9.90. The van der Waals surface area contributed by atoms with Crippen molar-refractivity contribution in [1.29, 1.82) is 0 Å². The van der Waals surface area contributed by atoms with Crippen molar-refractivity contribution < 1.29 is 46.7 Å². The van der Waals surface area contributed by atoms with E-state index in [4.69, 9.17) is 17.3 Å². The summed E-state index contributed by atoms with van der Waals surface area (Å²) < 4.78 is 47.8. The predicted octanol–water partition coefficient (Wildman–Crippen LogP) is 3.48. The molecule has 0 aliphatic carbocycles. The minimum atomic E-state index is -4.88. The summed E-state index contributed by atoms with van der Waals surface area (Å²) in [6, 6.07) is 9.18. The van der Waals surface area contributed by atoms with Crippen LogP contribution in [0.25, 0.3) is 28.1 Å². The molecule has 0 bridgehead atoms. The number of rotatable bonds is 13. The van der Waals surface area contributed by atoms with Crippen molar-refractivity contribution >= 4 is 57.9 Å². The number of primary amides is 1. The number of nitrogens with one attached hydrogen (secondary N) is 2. The Morgan fingerprint density at radius 2 is 1.74 bits per heavy atom. The SMILES string of the molecule is CC(Cn1ccc2nc(-n3cc(-c4cnc(C(=O)Nc5ccc(C(=O)N6CCN(C(=O)C7CC[N+](CC(=O)O)(CC8CNC8)CC7)CC6)c(Cl)c5)n4C)c(C(F)(F)F)n3)ccc21)C(N)=O. The molecular formula is C43H49ClF3N12O6+. The van der Waals surface area contributed by atoms with Gasteiger partial charge in [-0.05, 0) is 36.4 Å². The van der Waals surface area contributed by atoms with Crippen LogP contribution in [0.4, 0.5) is 18.9 Å². The van der Waals surface area contributed by atoms with Crippen molar-refractivity contribution in [3.05, 3.63) is 77.1 Å². The number of carbonyl (C=O) groups is 5. The first-order valence-corrected chi connectivity index (χ1v) is 21.7. The Morgan fingerprint density at radius 3 is 2.37 bits per heavy atom. The molecule has 1 atom stereocenters.